The van der Waals surface area contributed by atoms with Crippen LogP contribution in [0.5, 0.6) is 11.5 Å². The SMILES string of the molecule is COc1cc(Br)c(C)c(C2CCCN2)c1OC. The van der Waals surface area contributed by atoms with Gasteiger partial charge >= 0.3 is 0 Å². The van der Waals surface area contributed by atoms with E-state index < -0.39 is 0 Å². The van der Waals surface area contributed by atoms with E-state index in [1.54, 1.807) is 14.2 Å². The zero-order chi connectivity index (χ0) is 12.4. The van der Waals surface area contributed by atoms with Crippen LogP contribution in [0.4, 0.5) is 0 Å². The molecule has 2 rings (SSSR count). The maximum absolute atomic E-state index is 5.53. The van der Waals surface area contributed by atoms with Crippen LogP contribution in [0.25, 0.3) is 0 Å². The van der Waals surface area contributed by atoms with E-state index in [1.165, 1.54) is 17.5 Å². The molecule has 3 nitrogen and oxygen atoms in total. The second-order valence-corrected chi connectivity index (χ2v) is 5.14. The third kappa shape index (κ3) is 2.29. The summed E-state index contributed by atoms with van der Waals surface area (Å²) in [4.78, 5) is 0. The van der Waals surface area contributed by atoms with Gasteiger partial charge in [0.1, 0.15) is 0 Å². The Bertz CT molecular complexity index is 414. The lowest BCUT2D eigenvalue weighted by atomic mass is 9.98. The molecule has 1 saturated heterocycles. The number of halogens is 1. The van der Waals surface area contributed by atoms with Crippen LogP contribution in [-0.4, -0.2) is 20.8 Å². The Balaban J connectivity index is 2.56. The molecule has 0 saturated carbocycles. The largest absolute Gasteiger partial charge is 0.493 e. The van der Waals surface area contributed by atoms with Gasteiger partial charge < -0.3 is 14.8 Å². The summed E-state index contributed by atoms with van der Waals surface area (Å²) >= 11 is 3.58. The van der Waals surface area contributed by atoms with E-state index >= 15 is 0 Å². The van der Waals surface area contributed by atoms with Gasteiger partial charge in [0.15, 0.2) is 11.5 Å². The Morgan fingerprint density at radius 1 is 1.35 bits per heavy atom. The van der Waals surface area contributed by atoms with Crippen LogP contribution in [-0.2, 0) is 0 Å². The molecule has 1 aromatic carbocycles. The summed E-state index contributed by atoms with van der Waals surface area (Å²) in [6.07, 6.45) is 2.36. The normalized spacial score (nSPS) is 19.4. The van der Waals surface area contributed by atoms with Crippen molar-refractivity contribution in [3.8, 4) is 11.5 Å². The molecule has 0 amide bonds. The Labute approximate surface area is 111 Å². The molecule has 0 aliphatic carbocycles. The lowest BCUT2D eigenvalue weighted by Crippen LogP contribution is -2.15. The number of rotatable bonds is 3. The summed E-state index contributed by atoms with van der Waals surface area (Å²) in [6, 6.07) is 2.34. The summed E-state index contributed by atoms with van der Waals surface area (Å²) in [5.74, 6) is 1.64. The van der Waals surface area contributed by atoms with Crippen molar-refractivity contribution in [2.75, 3.05) is 20.8 Å². The van der Waals surface area contributed by atoms with Crippen molar-refractivity contribution in [3.05, 3.63) is 21.7 Å². The van der Waals surface area contributed by atoms with Crippen LogP contribution in [0.3, 0.4) is 0 Å². The lowest BCUT2D eigenvalue weighted by Gasteiger charge is -2.21. The first kappa shape index (κ1) is 12.7. The Kier molecular flexibility index (Phi) is 3.94. The van der Waals surface area contributed by atoms with Crippen LogP contribution >= 0.6 is 15.9 Å². The standard InChI is InChI=1S/C13H18BrNO2/c1-8-9(14)7-11(16-2)13(17-3)12(8)10-5-4-6-15-10/h7,10,15H,4-6H2,1-3H3. The van der Waals surface area contributed by atoms with Crippen molar-refractivity contribution in [2.45, 2.75) is 25.8 Å². The number of benzene rings is 1. The zero-order valence-corrected chi connectivity index (χ0v) is 12.1. The van der Waals surface area contributed by atoms with Gasteiger partial charge in [0.25, 0.3) is 0 Å². The molecule has 17 heavy (non-hydrogen) atoms. The molecule has 0 spiro atoms. The highest BCUT2D eigenvalue weighted by Crippen LogP contribution is 2.43. The van der Waals surface area contributed by atoms with Crippen molar-refractivity contribution in [2.24, 2.45) is 0 Å². The molecule has 1 atom stereocenters. The van der Waals surface area contributed by atoms with Crippen LogP contribution in [0.15, 0.2) is 10.5 Å². The molecule has 4 heteroatoms. The van der Waals surface area contributed by atoms with E-state index in [1.807, 2.05) is 6.07 Å². The maximum Gasteiger partial charge on any atom is 0.165 e. The molecule has 0 aromatic heterocycles. The fourth-order valence-electron chi connectivity index (χ4n) is 2.43. The summed E-state index contributed by atoms with van der Waals surface area (Å²) in [7, 11) is 3.37. The first-order valence-electron chi connectivity index (χ1n) is 5.83. The molecule has 1 heterocycles. The van der Waals surface area contributed by atoms with E-state index in [9.17, 15) is 0 Å². The molecular formula is C13H18BrNO2. The summed E-state index contributed by atoms with van der Waals surface area (Å²) in [5, 5.41) is 3.51. The maximum atomic E-state index is 5.53. The van der Waals surface area contributed by atoms with Gasteiger partial charge in [-0.05, 0) is 37.9 Å². The first-order chi connectivity index (χ1) is 8.19. The zero-order valence-electron chi connectivity index (χ0n) is 10.5. The van der Waals surface area contributed by atoms with Gasteiger partial charge in [0.05, 0.1) is 14.2 Å². The van der Waals surface area contributed by atoms with Crippen LogP contribution < -0.4 is 14.8 Å². The minimum absolute atomic E-state index is 0.372. The average Bonchev–Trinajstić information content (AvgIpc) is 2.85. The molecule has 1 aromatic rings. The molecule has 94 valence electrons. The van der Waals surface area contributed by atoms with Gasteiger partial charge in [0.2, 0.25) is 0 Å². The fourth-order valence-corrected chi connectivity index (χ4v) is 2.85. The highest BCUT2D eigenvalue weighted by Gasteiger charge is 2.25. The van der Waals surface area contributed by atoms with Crippen LogP contribution in [0, 0.1) is 6.92 Å². The highest BCUT2D eigenvalue weighted by atomic mass is 79.9. The molecule has 1 aliphatic heterocycles. The van der Waals surface area contributed by atoms with Crippen molar-refractivity contribution in [1.82, 2.24) is 5.32 Å². The van der Waals surface area contributed by atoms with Gasteiger partial charge in [-0.25, -0.2) is 0 Å². The fraction of sp³-hybridized carbons (Fsp3) is 0.538. The van der Waals surface area contributed by atoms with Gasteiger partial charge in [0, 0.05) is 16.1 Å². The first-order valence-corrected chi connectivity index (χ1v) is 6.62. The minimum atomic E-state index is 0.372. The predicted molar refractivity (Wildman–Crippen MR) is 72.0 cm³/mol. The van der Waals surface area contributed by atoms with E-state index in [4.69, 9.17) is 9.47 Å². The van der Waals surface area contributed by atoms with Crippen LogP contribution in [0.1, 0.15) is 30.0 Å². The van der Waals surface area contributed by atoms with Crippen molar-refractivity contribution in [1.29, 1.82) is 0 Å². The van der Waals surface area contributed by atoms with Crippen molar-refractivity contribution < 1.29 is 9.47 Å². The van der Waals surface area contributed by atoms with Crippen LogP contribution in [0.2, 0.25) is 0 Å². The predicted octanol–water partition coefficient (Wildman–Crippen LogP) is 3.20. The quantitative estimate of drug-likeness (QED) is 0.930. The average molecular weight is 300 g/mol. The molecule has 0 bridgehead atoms. The van der Waals surface area contributed by atoms with Gasteiger partial charge in [-0.2, -0.15) is 0 Å². The number of methoxy groups -OCH3 is 2. The lowest BCUT2D eigenvalue weighted by molar-refractivity contribution is 0.347. The third-order valence-corrected chi connectivity index (χ3v) is 4.14. The van der Waals surface area contributed by atoms with Crippen molar-refractivity contribution >= 4 is 15.9 Å². The van der Waals surface area contributed by atoms with E-state index in [0.717, 1.165) is 28.9 Å². The Morgan fingerprint density at radius 3 is 2.65 bits per heavy atom. The van der Waals surface area contributed by atoms with E-state index in [2.05, 4.69) is 28.2 Å². The van der Waals surface area contributed by atoms with Gasteiger partial charge in [-0.3, -0.25) is 0 Å². The highest BCUT2D eigenvalue weighted by molar-refractivity contribution is 9.10. The second kappa shape index (κ2) is 5.27. The topological polar surface area (TPSA) is 30.5 Å². The number of ether oxygens (including phenoxy) is 2. The van der Waals surface area contributed by atoms with Gasteiger partial charge in [-0.1, -0.05) is 15.9 Å². The second-order valence-electron chi connectivity index (χ2n) is 4.28. The third-order valence-electron chi connectivity index (χ3n) is 3.32. The summed E-state index contributed by atoms with van der Waals surface area (Å²) in [6.45, 7) is 3.18. The smallest absolute Gasteiger partial charge is 0.165 e. The molecule has 1 unspecified atom stereocenters. The van der Waals surface area contributed by atoms with Gasteiger partial charge in [-0.15, -0.1) is 0 Å². The molecule has 1 N–H and O–H groups in total. The molecule has 0 radical (unpaired) electrons. The Hall–Kier alpha value is -0.740. The molecule has 1 fully saturated rings. The van der Waals surface area contributed by atoms with E-state index in [-0.39, 0.29) is 0 Å². The monoisotopic (exact) mass is 299 g/mol. The number of nitrogens with one attached hydrogen (secondary N) is 1. The molecular weight excluding hydrogens is 282 g/mol. The van der Waals surface area contributed by atoms with E-state index in [0.29, 0.717) is 6.04 Å². The minimum Gasteiger partial charge on any atom is -0.493 e. The summed E-state index contributed by atoms with van der Waals surface area (Å²) < 4.78 is 12.0. The number of hydrogen-bond donors (Lipinski definition) is 1. The number of hydrogen-bond acceptors (Lipinski definition) is 3. The summed E-state index contributed by atoms with van der Waals surface area (Å²) in [5.41, 5.74) is 2.44. The van der Waals surface area contributed by atoms with Crippen molar-refractivity contribution in [3.63, 3.8) is 0 Å². The molecule has 1 aliphatic rings. The Morgan fingerprint density at radius 2 is 2.12 bits per heavy atom.